The van der Waals surface area contributed by atoms with Crippen molar-refractivity contribution in [3.8, 4) is 11.4 Å². The standard InChI is InChI=1S/C21H23FN2O2S/c1-20(2,3)12-8-9-23-15(10-12)16-11-13-14(24-16)6-7-17(18(13)22)27-21(4,5)19(25)26/h6-11,24H,1-5H3,(H,25,26). The number of nitrogens with one attached hydrogen (secondary N) is 1. The van der Waals surface area contributed by atoms with Crippen molar-refractivity contribution in [1.29, 1.82) is 0 Å². The van der Waals surface area contributed by atoms with Gasteiger partial charge in [0.2, 0.25) is 0 Å². The maximum atomic E-state index is 15.0. The number of carboxylic acid groups (broad SMARTS) is 1. The molecule has 0 unspecified atom stereocenters. The summed E-state index contributed by atoms with van der Waals surface area (Å²) >= 11 is 1.00. The van der Waals surface area contributed by atoms with Crippen molar-refractivity contribution in [3.05, 3.63) is 47.9 Å². The number of pyridine rings is 1. The van der Waals surface area contributed by atoms with E-state index in [1.165, 1.54) is 0 Å². The number of carboxylic acids is 1. The van der Waals surface area contributed by atoms with Crippen LogP contribution in [0.3, 0.4) is 0 Å². The monoisotopic (exact) mass is 386 g/mol. The summed E-state index contributed by atoms with van der Waals surface area (Å²) in [7, 11) is 0. The Morgan fingerprint density at radius 3 is 2.48 bits per heavy atom. The number of thioether (sulfide) groups is 1. The highest BCUT2D eigenvalue weighted by Gasteiger charge is 2.30. The zero-order valence-corrected chi connectivity index (χ0v) is 16.9. The Kier molecular flexibility index (Phi) is 4.80. The first-order valence-corrected chi connectivity index (χ1v) is 9.51. The Hall–Kier alpha value is -2.34. The van der Waals surface area contributed by atoms with Gasteiger partial charge in [0.25, 0.3) is 0 Å². The number of aromatic amines is 1. The number of halogens is 1. The van der Waals surface area contributed by atoms with E-state index in [0.29, 0.717) is 15.8 Å². The van der Waals surface area contributed by atoms with E-state index in [1.54, 1.807) is 38.2 Å². The Morgan fingerprint density at radius 2 is 1.85 bits per heavy atom. The van der Waals surface area contributed by atoms with Gasteiger partial charge in [0.1, 0.15) is 10.6 Å². The molecule has 2 heterocycles. The van der Waals surface area contributed by atoms with Crippen LogP contribution in [-0.4, -0.2) is 25.8 Å². The van der Waals surface area contributed by atoms with Gasteiger partial charge >= 0.3 is 5.97 Å². The molecule has 2 aromatic heterocycles. The van der Waals surface area contributed by atoms with Crippen LogP contribution in [-0.2, 0) is 10.2 Å². The lowest BCUT2D eigenvalue weighted by Crippen LogP contribution is -2.27. The van der Waals surface area contributed by atoms with Crippen LogP contribution in [0.5, 0.6) is 0 Å². The molecule has 0 bridgehead atoms. The van der Waals surface area contributed by atoms with Crippen molar-refractivity contribution in [2.75, 3.05) is 0 Å². The number of carbonyl (C=O) groups is 1. The van der Waals surface area contributed by atoms with E-state index >= 15 is 4.39 Å². The number of rotatable bonds is 4. The number of hydrogen-bond acceptors (Lipinski definition) is 3. The molecule has 3 aromatic rings. The average molecular weight is 386 g/mol. The second-order valence-electron chi connectivity index (χ2n) is 8.12. The molecule has 0 saturated carbocycles. The highest BCUT2D eigenvalue weighted by Crippen LogP contribution is 2.38. The third-order valence-corrected chi connectivity index (χ3v) is 5.70. The largest absolute Gasteiger partial charge is 0.480 e. The van der Waals surface area contributed by atoms with E-state index in [2.05, 4.69) is 30.7 Å². The first-order valence-electron chi connectivity index (χ1n) is 8.69. The highest BCUT2D eigenvalue weighted by molar-refractivity contribution is 8.01. The Morgan fingerprint density at radius 1 is 1.15 bits per heavy atom. The number of hydrogen-bond donors (Lipinski definition) is 2. The molecule has 0 aliphatic rings. The third kappa shape index (κ3) is 3.86. The SMILES string of the molecule is CC(C)(Sc1ccc2[nH]c(-c3cc(C(C)(C)C)ccn3)cc2c1F)C(=O)O. The van der Waals surface area contributed by atoms with E-state index in [1.807, 2.05) is 12.1 Å². The van der Waals surface area contributed by atoms with Crippen LogP contribution in [0.1, 0.15) is 40.2 Å². The van der Waals surface area contributed by atoms with Crippen LogP contribution in [0.15, 0.2) is 41.4 Å². The van der Waals surface area contributed by atoms with E-state index in [4.69, 9.17) is 0 Å². The fourth-order valence-electron chi connectivity index (χ4n) is 2.73. The van der Waals surface area contributed by atoms with Crippen molar-refractivity contribution >= 4 is 28.6 Å². The Labute approximate surface area is 162 Å². The smallest absolute Gasteiger partial charge is 0.319 e. The zero-order valence-electron chi connectivity index (χ0n) is 16.1. The van der Waals surface area contributed by atoms with Crippen LogP contribution in [0.25, 0.3) is 22.3 Å². The van der Waals surface area contributed by atoms with Crippen LogP contribution in [0.4, 0.5) is 4.39 Å². The lowest BCUT2D eigenvalue weighted by molar-refractivity contribution is -0.138. The maximum absolute atomic E-state index is 15.0. The first kappa shape index (κ1) is 19.4. The van der Waals surface area contributed by atoms with E-state index in [9.17, 15) is 9.90 Å². The van der Waals surface area contributed by atoms with Crippen molar-refractivity contribution in [2.45, 2.75) is 49.7 Å². The van der Waals surface area contributed by atoms with E-state index in [-0.39, 0.29) is 5.41 Å². The van der Waals surface area contributed by atoms with E-state index in [0.717, 1.165) is 28.7 Å². The van der Waals surface area contributed by atoms with Gasteiger partial charge in [0.05, 0.1) is 11.4 Å². The molecule has 6 heteroatoms. The Bertz CT molecular complexity index is 1020. The maximum Gasteiger partial charge on any atom is 0.319 e. The number of benzene rings is 1. The lowest BCUT2D eigenvalue weighted by atomic mass is 9.87. The number of aromatic nitrogens is 2. The third-order valence-electron chi connectivity index (χ3n) is 4.48. The van der Waals surface area contributed by atoms with Crippen LogP contribution < -0.4 is 0 Å². The molecule has 4 nitrogen and oxygen atoms in total. The van der Waals surface area contributed by atoms with Gasteiger partial charge in [-0.25, -0.2) is 4.39 Å². The normalized spacial score (nSPS) is 12.5. The number of aliphatic carboxylic acids is 1. The summed E-state index contributed by atoms with van der Waals surface area (Å²) in [5.41, 5.74) is 3.27. The quantitative estimate of drug-likeness (QED) is 0.571. The molecule has 0 fully saturated rings. The van der Waals surface area contributed by atoms with Gasteiger partial charge in [0.15, 0.2) is 0 Å². The molecule has 0 saturated heterocycles. The first-order chi connectivity index (χ1) is 12.5. The van der Waals surface area contributed by atoms with Gasteiger partial charge in [-0.3, -0.25) is 9.78 Å². The van der Waals surface area contributed by atoms with Gasteiger partial charge in [-0.2, -0.15) is 0 Å². The molecule has 0 spiro atoms. The minimum atomic E-state index is -1.11. The molecule has 1 aromatic carbocycles. The summed E-state index contributed by atoms with van der Waals surface area (Å²) in [5, 5.41) is 9.72. The fourth-order valence-corrected chi connectivity index (χ4v) is 3.70. The molecular formula is C21H23FN2O2S. The second kappa shape index (κ2) is 6.68. The molecule has 27 heavy (non-hydrogen) atoms. The Balaban J connectivity index is 2.04. The molecule has 0 radical (unpaired) electrons. The predicted octanol–water partition coefficient (Wildman–Crippen LogP) is 5.62. The van der Waals surface area contributed by atoms with Crippen molar-refractivity contribution in [3.63, 3.8) is 0 Å². The minimum absolute atomic E-state index is 0.0127. The summed E-state index contributed by atoms with van der Waals surface area (Å²) < 4.78 is 13.9. The van der Waals surface area contributed by atoms with Gasteiger partial charge in [0, 0.05) is 22.0 Å². The zero-order chi connectivity index (χ0) is 20.0. The fraction of sp³-hybridized carbons (Fsp3) is 0.333. The van der Waals surface area contributed by atoms with E-state index < -0.39 is 16.5 Å². The predicted molar refractivity (Wildman–Crippen MR) is 108 cm³/mol. The summed E-state index contributed by atoms with van der Waals surface area (Å²) in [6.07, 6.45) is 1.76. The molecular weight excluding hydrogens is 363 g/mol. The van der Waals surface area contributed by atoms with Gasteiger partial charge in [-0.15, -0.1) is 11.8 Å². The van der Waals surface area contributed by atoms with Crippen LogP contribution >= 0.6 is 11.8 Å². The molecule has 2 N–H and O–H groups in total. The summed E-state index contributed by atoms with van der Waals surface area (Å²) in [4.78, 5) is 19.3. The molecule has 0 aliphatic carbocycles. The van der Waals surface area contributed by atoms with Crippen molar-refractivity contribution in [1.82, 2.24) is 9.97 Å². The van der Waals surface area contributed by atoms with Gasteiger partial charge in [-0.1, -0.05) is 20.8 Å². The molecule has 0 aliphatic heterocycles. The molecule has 0 atom stereocenters. The van der Waals surface area contributed by atoms with Crippen LogP contribution in [0, 0.1) is 5.82 Å². The average Bonchev–Trinajstić information content (AvgIpc) is 3.02. The number of nitrogens with zero attached hydrogens (tertiary/aromatic N) is 1. The van der Waals surface area contributed by atoms with Gasteiger partial charge < -0.3 is 10.1 Å². The van der Waals surface area contributed by atoms with Crippen molar-refractivity contribution in [2.24, 2.45) is 0 Å². The second-order valence-corrected chi connectivity index (χ2v) is 9.78. The minimum Gasteiger partial charge on any atom is -0.480 e. The molecule has 142 valence electrons. The van der Waals surface area contributed by atoms with Gasteiger partial charge in [-0.05, 0) is 55.2 Å². The topological polar surface area (TPSA) is 66.0 Å². The number of fused-ring (bicyclic) bond motifs is 1. The lowest BCUT2D eigenvalue weighted by Gasteiger charge is -2.19. The summed E-state index contributed by atoms with van der Waals surface area (Å²) in [6, 6.07) is 9.11. The molecule has 0 amide bonds. The number of H-pyrrole nitrogens is 1. The van der Waals surface area contributed by atoms with Crippen molar-refractivity contribution < 1.29 is 14.3 Å². The van der Waals surface area contributed by atoms with Crippen LogP contribution in [0.2, 0.25) is 0 Å². The molecule has 3 rings (SSSR count). The summed E-state index contributed by atoms with van der Waals surface area (Å²) in [6.45, 7) is 9.52. The summed E-state index contributed by atoms with van der Waals surface area (Å²) in [5.74, 6) is -1.40. The highest BCUT2D eigenvalue weighted by atomic mass is 32.2.